The molecule has 1 unspecified atom stereocenters. The molecule has 0 saturated carbocycles. The standard InChI is InChI=1S/C16H18BrN3O/c1-10(11-4-3-5-12(18)8-11)20(2)13-6-7-14(16(19)21)15(17)9-13/h3-10H,18H2,1-2H3,(H2,19,21). The van der Waals surface area contributed by atoms with E-state index in [2.05, 4.69) is 27.8 Å². The highest BCUT2D eigenvalue weighted by Crippen LogP contribution is 2.29. The van der Waals surface area contributed by atoms with Crippen molar-refractivity contribution in [1.82, 2.24) is 0 Å². The minimum absolute atomic E-state index is 0.153. The van der Waals surface area contributed by atoms with Gasteiger partial charge in [0.05, 0.1) is 11.6 Å². The molecule has 0 radical (unpaired) electrons. The Bertz CT molecular complexity index is 672. The summed E-state index contributed by atoms with van der Waals surface area (Å²) in [7, 11) is 2.00. The molecular weight excluding hydrogens is 330 g/mol. The molecule has 21 heavy (non-hydrogen) atoms. The highest BCUT2D eigenvalue weighted by atomic mass is 79.9. The van der Waals surface area contributed by atoms with Crippen LogP contribution in [0.4, 0.5) is 11.4 Å². The molecule has 2 rings (SSSR count). The molecule has 0 aromatic heterocycles. The second-order valence-corrected chi connectivity index (χ2v) is 5.84. The third-order valence-corrected chi connectivity index (χ3v) is 4.26. The summed E-state index contributed by atoms with van der Waals surface area (Å²) in [4.78, 5) is 13.4. The maximum Gasteiger partial charge on any atom is 0.249 e. The number of carbonyl (C=O) groups is 1. The Morgan fingerprint density at radius 3 is 2.52 bits per heavy atom. The fourth-order valence-corrected chi connectivity index (χ4v) is 2.75. The quantitative estimate of drug-likeness (QED) is 0.833. The van der Waals surface area contributed by atoms with Crippen LogP contribution in [0, 0.1) is 0 Å². The van der Waals surface area contributed by atoms with E-state index in [9.17, 15) is 4.79 Å². The predicted molar refractivity (Wildman–Crippen MR) is 90.3 cm³/mol. The van der Waals surface area contributed by atoms with Crippen molar-refractivity contribution in [3.63, 3.8) is 0 Å². The van der Waals surface area contributed by atoms with Gasteiger partial charge in [0.1, 0.15) is 0 Å². The normalized spacial score (nSPS) is 12.0. The maximum atomic E-state index is 11.3. The minimum atomic E-state index is -0.444. The summed E-state index contributed by atoms with van der Waals surface area (Å²) in [6.07, 6.45) is 0. The zero-order chi connectivity index (χ0) is 15.6. The molecule has 5 heteroatoms. The van der Waals surface area contributed by atoms with Crippen molar-refractivity contribution < 1.29 is 4.79 Å². The summed E-state index contributed by atoms with van der Waals surface area (Å²) >= 11 is 3.39. The van der Waals surface area contributed by atoms with E-state index in [1.165, 1.54) is 0 Å². The number of anilines is 2. The Hall–Kier alpha value is -2.01. The first-order valence-corrected chi connectivity index (χ1v) is 7.37. The number of carbonyl (C=O) groups excluding carboxylic acids is 1. The molecule has 0 saturated heterocycles. The van der Waals surface area contributed by atoms with Gasteiger partial charge in [-0.15, -0.1) is 0 Å². The molecule has 4 nitrogen and oxygen atoms in total. The summed E-state index contributed by atoms with van der Waals surface area (Å²) in [6.45, 7) is 2.10. The number of hydrogen-bond donors (Lipinski definition) is 2. The summed E-state index contributed by atoms with van der Waals surface area (Å²) < 4.78 is 0.694. The van der Waals surface area contributed by atoms with Crippen LogP contribution < -0.4 is 16.4 Å². The number of hydrogen-bond acceptors (Lipinski definition) is 3. The number of nitrogens with two attached hydrogens (primary N) is 2. The average molecular weight is 348 g/mol. The fourth-order valence-electron chi connectivity index (χ4n) is 2.19. The van der Waals surface area contributed by atoms with E-state index in [1.54, 1.807) is 6.07 Å². The third kappa shape index (κ3) is 3.36. The Morgan fingerprint density at radius 2 is 1.95 bits per heavy atom. The largest absolute Gasteiger partial charge is 0.399 e. The van der Waals surface area contributed by atoms with Gasteiger partial charge in [-0.25, -0.2) is 0 Å². The Labute approximate surface area is 132 Å². The monoisotopic (exact) mass is 347 g/mol. The molecule has 1 amide bonds. The topological polar surface area (TPSA) is 72.3 Å². The molecule has 2 aromatic carbocycles. The van der Waals surface area contributed by atoms with Crippen LogP contribution in [0.1, 0.15) is 28.9 Å². The van der Waals surface area contributed by atoms with Crippen LogP contribution in [-0.2, 0) is 0 Å². The smallest absolute Gasteiger partial charge is 0.249 e. The van der Waals surface area contributed by atoms with Gasteiger partial charge in [0.25, 0.3) is 0 Å². The van der Waals surface area contributed by atoms with E-state index in [4.69, 9.17) is 11.5 Å². The lowest BCUT2D eigenvalue weighted by atomic mass is 10.1. The molecule has 0 aliphatic carbocycles. The lowest BCUT2D eigenvalue weighted by molar-refractivity contribution is 0.0999. The van der Waals surface area contributed by atoms with Crippen molar-refractivity contribution in [3.8, 4) is 0 Å². The van der Waals surface area contributed by atoms with Gasteiger partial charge in [-0.05, 0) is 58.7 Å². The second-order valence-electron chi connectivity index (χ2n) is 4.99. The van der Waals surface area contributed by atoms with Crippen molar-refractivity contribution in [3.05, 3.63) is 58.1 Å². The van der Waals surface area contributed by atoms with Crippen LogP contribution >= 0.6 is 15.9 Å². The SMILES string of the molecule is CC(c1cccc(N)c1)N(C)c1ccc(C(N)=O)c(Br)c1. The van der Waals surface area contributed by atoms with Crippen LogP contribution in [-0.4, -0.2) is 13.0 Å². The van der Waals surface area contributed by atoms with Crippen LogP contribution in [0.15, 0.2) is 46.9 Å². The number of primary amides is 1. The van der Waals surface area contributed by atoms with E-state index in [-0.39, 0.29) is 6.04 Å². The fraction of sp³-hybridized carbons (Fsp3) is 0.188. The third-order valence-electron chi connectivity index (χ3n) is 3.60. The first kappa shape index (κ1) is 15.4. The van der Waals surface area contributed by atoms with Crippen LogP contribution in [0.25, 0.3) is 0 Å². The molecule has 0 heterocycles. The summed E-state index contributed by atoms with van der Waals surface area (Å²) in [5.74, 6) is -0.444. The molecule has 0 fully saturated rings. The van der Waals surface area contributed by atoms with Crippen LogP contribution in [0.3, 0.4) is 0 Å². The zero-order valence-corrected chi connectivity index (χ0v) is 13.6. The lowest BCUT2D eigenvalue weighted by Gasteiger charge is -2.28. The highest BCUT2D eigenvalue weighted by molar-refractivity contribution is 9.10. The minimum Gasteiger partial charge on any atom is -0.399 e. The van der Waals surface area contributed by atoms with Crippen molar-refractivity contribution in [2.75, 3.05) is 17.7 Å². The van der Waals surface area contributed by atoms with Crippen LogP contribution in [0.5, 0.6) is 0 Å². The number of nitrogens with zero attached hydrogens (tertiary/aromatic N) is 1. The van der Waals surface area contributed by atoms with E-state index in [1.807, 2.05) is 43.4 Å². The molecule has 2 aromatic rings. The molecule has 110 valence electrons. The van der Waals surface area contributed by atoms with Gasteiger partial charge in [-0.1, -0.05) is 12.1 Å². The van der Waals surface area contributed by atoms with Gasteiger partial charge < -0.3 is 16.4 Å². The second kappa shape index (κ2) is 6.18. The van der Waals surface area contributed by atoms with Gasteiger partial charge in [-0.2, -0.15) is 0 Å². The molecular formula is C16H18BrN3O. The van der Waals surface area contributed by atoms with Gasteiger partial charge in [0, 0.05) is 22.9 Å². The molecule has 0 spiro atoms. The molecule has 0 bridgehead atoms. The van der Waals surface area contributed by atoms with Crippen molar-refractivity contribution in [2.24, 2.45) is 5.73 Å². The molecule has 4 N–H and O–H groups in total. The number of halogens is 1. The van der Waals surface area contributed by atoms with Gasteiger partial charge in [0.2, 0.25) is 5.91 Å². The maximum absolute atomic E-state index is 11.3. The van der Waals surface area contributed by atoms with Crippen molar-refractivity contribution in [1.29, 1.82) is 0 Å². The number of amides is 1. The molecule has 1 atom stereocenters. The van der Waals surface area contributed by atoms with Gasteiger partial charge >= 0.3 is 0 Å². The number of rotatable bonds is 4. The van der Waals surface area contributed by atoms with E-state index in [0.29, 0.717) is 10.0 Å². The number of nitrogen functional groups attached to an aromatic ring is 1. The van der Waals surface area contributed by atoms with Gasteiger partial charge in [-0.3, -0.25) is 4.79 Å². The highest BCUT2D eigenvalue weighted by Gasteiger charge is 2.14. The average Bonchev–Trinajstić information content (AvgIpc) is 2.45. The first-order chi connectivity index (χ1) is 9.90. The molecule has 0 aliphatic heterocycles. The summed E-state index contributed by atoms with van der Waals surface area (Å²) in [6, 6.07) is 13.5. The lowest BCUT2D eigenvalue weighted by Crippen LogP contribution is -2.22. The Balaban J connectivity index is 2.29. The Morgan fingerprint density at radius 1 is 1.24 bits per heavy atom. The molecule has 0 aliphatic rings. The Kier molecular flexibility index (Phi) is 4.53. The van der Waals surface area contributed by atoms with E-state index < -0.39 is 5.91 Å². The number of benzene rings is 2. The summed E-state index contributed by atoms with van der Waals surface area (Å²) in [5.41, 5.74) is 14.5. The van der Waals surface area contributed by atoms with Gasteiger partial charge in [0.15, 0.2) is 0 Å². The first-order valence-electron chi connectivity index (χ1n) is 6.57. The summed E-state index contributed by atoms with van der Waals surface area (Å²) in [5, 5.41) is 0. The van der Waals surface area contributed by atoms with Crippen LogP contribution in [0.2, 0.25) is 0 Å². The van der Waals surface area contributed by atoms with E-state index >= 15 is 0 Å². The zero-order valence-electron chi connectivity index (χ0n) is 12.0. The van der Waals surface area contributed by atoms with E-state index in [0.717, 1.165) is 16.9 Å². The van der Waals surface area contributed by atoms with Crippen molar-refractivity contribution >= 4 is 33.2 Å². The predicted octanol–water partition coefficient (Wildman–Crippen LogP) is 3.33. The van der Waals surface area contributed by atoms with Crippen molar-refractivity contribution in [2.45, 2.75) is 13.0 Å².